The zero-order valence-corrected chi connectivity index (χ0v) is 13.1. The number of nitrogens with two attached hydrogens (primary N) is 1. The Bertz CT molecular complexity index is 644. The molecule has 0 radical (unpaired) electrons. The third-order valence-electron chi connectivity index (χ3n) is 3.86. The molecule has 0 aromatic rings. The van der Waals surface area contributed by atoms with Crippen molar-refractivity contribution in [1.82, 2.24) is 4.72 Å². The number of sulfonamides is 1. The molecule has 0 saturated heterocycles. The summed E-state index contributed by atoms with van der Waals surface area (Å²) in [7, 11) is -3.96. The topological polar surface area (TPSA) is 127 Å². The van der Waals surface area contributed by atoms with Gasteiger partial charge in [0.2, 0.25) is 10.0 Å². The van der Waals surface area contributed by atoms with E-state index in [1.807, 2.05) is 4.72 Å². The van der Waals surface area contributed by atoms with Crippen molar-refractivity contribution in [3.63, 3.8) is 0 Å². The van der Waals surface area contributed by atoms with E-state index in [1.54, 1.807) is 0 Å². The van der Waals surface area contributed by atoms with Crippen molar-refractivity contribution in [1.29, 1.82) is 0 Å². The van der Waals surface area contributed by atoms with Gasteiger partial charge in [0.15, 0.2) is 0 Å². The zero-order valence-electron chi connectivity index (χ0n) is 12.3. The molecule has 0 spiro atoms. The average Bonchev–Trinajstić information content (AvgIpc) is 3.32. The predicted molar refractivity (Wildman–Crippen MR) is 73.9 cm³/mol. The van der Waals surface area contributed by atoms with E-state index in [0.29, 0.717) is 6.42 Å². The molecule has 0 aliphatic heterocycles. The molecule has 4 N–H and O–H groups in total. The van der Waals surface area contributed by atoms with Gasteiger partial charge < -0.3 is 10.8 Å². The number of carboxylic acid groups (broad SMARTS) is 1. The monoisotopic (exact) mass is 376 g/mol. The Balaban J connectivity index is 0.000000351. The van der Waals surface area contributed by atoms with E-state index < -0.39 is 45.0 Å². The number of alkyl halides is 4. The minimum absolute atomic E-state index is 0.210. The third-order valence-corrected chi connectivity index (χ3v) is 5.97. The molecule has 2 fully saturated rings. The summed E-state index contributed by atoms with van der Waals surface area (Å²) >= 11 is 0. The average molecular weight is 376 g/mol. The largest absolute Gasteiger partial charge is 0.490 e. The highest BCUT2D eigenvalue weighted by atomic mass is 32.2. The Labute approximate surface area is 134 Å². The summed E-state index contributed by atoms with van der Waals surface area (Å²) in [6.07, 6.45) is -2.70. The molecule has 0 unspecified atom stereocenters. The summed E-state index contributed by atoms with van der Waals surface area (Å²) in [5, 5.41) is 7.12. The number of hydrogen-bond donors (Lipinski definition) is 3. The van der Waals surface area contributed by atoms with Crippen LogP contribution in [-0.4, -0.2) is 48.5 Å². The van der Waals surface area contributed by atoms with Crippen molar-refractivity contribution >= 4 is 21.9 Å². The highest BCUT2D eigenvalue weighted by Gasteiger charge is 2.60. The van der Waals surface area contributed by atoms with E-state index in [0.717, 1.165) is 0 Å². The van der Waals surface area contributed by atoms with Crippen LogP contribution in [-0.2, 0) is 19.6 Å². The molecule has 2 atom stereocenters. The van der Waals surface area contributed by atoms with Crippen LogP contribution >= 0.6 is 0 Å². The number of carbonyl (C=O) groups excluding carboxylic acids is 1. The van der Waals surface area contributed by atoms with Crippen LogP contribution in [0.5, 0.6) is 0 Å². The lowest BCUT2D eigenvalue weighted by atomic mass is 10.2. The van der Waals surface area contributed by atoms with Gasteiger partial charge in [-0.3, -0.25) is 9.52 Å². The number of halogens is 4. The summed E-state index contributed by atoms with van der Waals surface area (Å²) in [5.74, 6) is -3.73. The number of aliphatic carboxylic acids is 1. The first kappa shape index (κ1) is 20.4. The van der Waals surface area contributed by atoms with Crippen LogP contribution in [0.3, 0.4) is 0 Å². The van der Waals surface area contributed by atoms with Crippen molar-refractivity contribution < 1.29 is 40.7 Å². The van der Waals surface area contributed by atoms with E-state index in [-0.39, 0.29) is 18.8 Å². The molecule has 2 rings (SSSR count). The molecule has 24 heavy (non-hydrogen) atoms. The molecular formula is C12H16F4N2O5S. The van der Waals surface area contributed by atoms with Crippen LogP contribution < -0.4 is 10.5 Å². The second-order valence-corrected chi connectivity index (χ2v) is 7.72. The summed E-state index contributed by atoms with van der Waals surface area (Å²) < 4.78 is 68.4. The maximum atomic E-state index is 12.7. The second-order valence-electron chi connectivity index (χ2n) is 5.64. The summed E-state index contributed by atoms with van der Waals surface area (Å²) in [6.45, 7) is 2.53. The van der Waals surface area contributed by atoms with Crippen molar-refractivity contribution in [2.75, 3.05) is 6.67 Å². The Morgan fingerprint density at radius 2 is 1.83 bits per heavy atom. The molecule has 0 heterocycles. The number of carbonyl (C=O) groups is 2. The standard InChI is InChI=1S/C10H15FN2O3S.C2HF3O2/c1-2-7-5-10(7,12)8(14)13-17(15,16)9(6-11)3-4-9;3-2(4,5)1(6)7/h2,7H,1,3-6,12H2,(H,13,14);(H,6,7)/t7-,10-;/m1./s1. The van der Waals surface area contributed by atoms with Crippen LogP contribution in [0, 0.1) is 5.92 Å². The maximum Gasteiger partial charge on any atom is 0.490 e. The van der Waals surface area contributed by atoms with E-state index >= 15 is 0 Å². The number of carboxylic acids is 1. The Morgan fingerprint density at radius 1 is 1.38 bits per heavy atom. The molecule has 138 valence electrons. The van der Waals surface area contributed by atoms with E-state index in [9.17, 15) is 30.8 Å². The van der Waals surface area contributed by atoms with Gasteiger partial charge in [0.25, 0.3) is 5.91 Å². The van der Waals surface area contributed by atoms with Crippen molar-refractivity contribution in [3.05, 3.63) is 12.7 Å². The van der Waals surface area contributed by atoms with Crippen LogP contribution in [0.1, 0.15) is 19.3 Å². The zero-order chi connectivity index (χ0) is 19.0. The molecular weight excluding hydrogens is 360 g/mol. The predicted octanol–water partition coefficient (Wildman–Crippen LogP) is 0.471. The summed E-state index contributed by atoms with van der Waals surface area (Å²) in [4.78, 5) is 20.6. The van der Waals surface area contributed by atoms with Crippen molar-refractivity contribution in [3.8, 4) is 0 Å². The number of hydrogen-bond acceptors (Lipinski definition) is 5. The molecule has 2 aliphatic carbocycles. The van der Waals surface area contributed by atoms with E-state index in [1.165, 1.54) is 6.08 Å². The first-order valence-corrected chi connectivity index (χ1v) is 8.08. The number of amides is 1. The highest BCUT2D eigenvalue weighted by molar-refractivity contribution is 7.91. The van der Waals surface area contributed by atoms with Gasteiger partial charge >= 0.3 is 12.1 Å². The smallest absolute Gasteiger partial charge is 0.475 e. The maximum absolute atomic E-state index is 12.7. The molecule has 2 saturated carbocycles. The van der Waals surface area contributed by atoms with Gasteiger partial charge in [-0.05, 0) is 19.3 Å². The fourth-order valence-electron chi connectivity index (χ4n) is 1.80. The van der Waals surface area contributed by atoms with Gasteiger partial charge in [0, 0.05) is 5.92 Å². The quantitative estimate of drug-likeness (QED) is 0.473. The lowest BCUT2D eigenvalue weighted by molar-refractivity contribution is -0.192. The molecule has 12 heteroatoms. The molecule has 0 bridgehead atoms. The van der Waals surface area contributed by atoms with E-state index in [2.05, 4.69) is 6.58 Å². The SMILES string of the molecule is C=C[C@@H]1C[C@]1(N)C(=O)NS(=O)(=O)C1(CF)CC1.O=C(O)C(F)(F)F. The molecule has 1 amide bonds. The van der Waals surface area contributed by atoms with Crippen LogP contribution in [0.4, 0.5) is 17.6 Å². The third kappa shape index (κ3) is 4.04. The fraction of sp³-hybridized carbons (Fsp3) is 0.667. The lowest BCUT2D eigenvalue weighted by Gasteiger charge is -2.16. The van der Waals surface area contributed by atoms with Gasteiger partial charge in [-0.15, -0.1) is 6.58 Å². The van der Waals surface area contributed by atoms with Crippen LogP contribution in [0.2, 0.25) is 0 Å². The Hall–Kier alpha value is -1.69. The lowest BCUT2D eigenvalue weighted by Crippen LogP contribution is -2.50. The fourth-order valence-corrected chi connectivity index (χ4v) is 3.23. The Kier molecular flexibility index (Phi) is 5.36. The van der Waals surface area contributed by atoms with Gasteiger partial charge in [-0.2, -0.15) is 13.2 Å². The normalized spacial score (nSPS) is 27.3. The highest BCUT2D eigenvalue weighted by Crippen LogP contribution is 2.45. The van der Waals surface area contributed by atoms with Gasteiger partial charge in [-0.1, -0.05) is 6.08 Å². The van der Waals surface area contributed by atoms with E-state index in [4.69, 9.17) is 15.6 Å². The minimum atomic E-state index is -5.08. The molecule has 0 aromatic carbocycles. The van der Waals surface area contributed by atoms with Gasteiger partial charge in [0.05, 0.1) is 0 Å². The van der Waals surface area contributed by atoms with Crippen molar-refractivity contribution in [2.24, 2.45) is 11.7 Å². The van der Waals surface area contributed by atoms with Crippen LogP contribution in [0.25, 0.3) is 0 Å². The Morgan fingerprint density at radius 3 is 2.08 bits per heavy atom. The van der Waals surface area contributed by atoms with Gasteiger partial charge in [-0.25, -0.2) is 17.6 Å². The summed E-state index contributed by atoms with van der Waals surface area (Å²) in [5.41, 5.74) is 4.52. The van der Waals surface area contributed by atoms with Gasteiger partial charge in [0.1, 0.15) is 17.0 Å². The minimum Gasteiger partial charge on any atom is -0.475 e. The summed E-state index contributed by atoms with van der Waals surface area (Å²) in [6, 6.07) is 0. The number of nitrogens with one attached hydrogen (secondary N) is 1. The molecule has 7 nitrogen and oxygen atoms in total. The first-order valence-electron chi connectivity index (χ1n) is 6.60. The van der Waals surface area contributed by atoms with Crippen molar-refractivity contribution in [2.45, 2.75) is 35.7 Å². The molecule has 2 aliphatic rings. The number of rotatable bonds is 5. The van der Waals surface area contributed by atoms with Crippen LogP contribution in [0.15, 0.2) is 12.7 Å². The first-order chi connectivity index (χ1) is 10.8. The molecule has 0 aromatic heterocycles. The second kappa shape index (κ2) is 6.31.